The molecule has 0 fully saturated rings. The van der Waals surface area contributed by atoms with E-state index < -0.39 is 0 Å². The Balaban J connectivity index is 1.80. The van der Waals surface area contributed by atoms with Crippen molar-refractivity contribution < 1.29 is 4.79 Å². The van der Waals surface area contributed by atoms with Gasteiger partial charge in [-0.1, -0.05) is 15.9 Å². The lowest BCUT2D eigenvalue weighted by Crippen LogP contribution is -2.14. The molecule has 3 aromatic rings. The van der Waals surface area contributed by atoms with E-state index in [1.807, 2.05) is 44.2 Å². The van der Waals surface area contributed by atoms with Crippen molar-refractivity contribution >= 4 is 21.7 Å². The SMILES string of the molecule is Cc1cc(C(=O)Cn2nnc(-c3ccc(Br)cc3)n2)c(C)n1C(C)C. The number of tetrazole rings is 1. The van der Waals surface area contributed by atoms with Gasteiger partial charge in [0.1, 0.15) is 6.54 Å². The summed E-state index contributed by atoms with van der Waals surface area (Å²) >= 11 is 3.40. The van der Waals surface area contributed by atoms with Gasteiger partial charge in [0, 0.05) is 33.0 Å². The minimum Gasteiger partial charge on any atom is -0.346 e. The van der Waals surface area contributed by atoms with Crippen molar-refractivity contribution in [2.75, 3.05) is 0 Å². The fourth-order valence-corrected chi connectivity index (χ4v) is 3.36. The number of hydrogen-bond donors (Lipinski definition) is 0. The first-order chi connectivity index (χ1) is 11.9. The summed E-state index contributed by atoms with van der Waals surface area (Å²) in [5.74, 6) is 0.493. The number of benzene rings is 1. The number of nitrogens with zero attached hydrogens (tertiary/aromatic N) is 5. The van der Waals surface area contributed by atoms with Crippen molar-refractivity contribution in [2.45, 2.75) is 40.3 Å². The van der Waals surface area contributed by atoms with Crippen LogP contribution >= 0.6 is 15.9 Å². The number of halogens is 1. The Morgan fingerprint density at radius 2 is 1.88 bits per heavy atom. The molecule has 7 heteroatoms. The predicted octanol–water partition coefficient (Wildman–Crippen LogP) is 3.98. The number of Topliss-reactive ketones (excluding diaryl/α,β-unsaturated/α-hetero) is 1. The first-order valence-corrected chi connectivity index (χ1v) is 8.91. The lowest BCUT2D eigenvalue weighted by atomic mass is 10.1. The molecule has 25 heavy (non-hydrogen) atoms. The van der Waals surface area contributed by atoms with Crippen LogP contribution in [0.15, 0.2) is 34.8 Å². The van der Waals surface area contributed by atoms with Crippen molar-refractivity contribution in [3.05, 3.63) is 51.8 Å². The van der Waals surface area contributed by atoms with Gasteiger partial charge in [-0.05, 0) is 63.2 Å². The van der Waals surface area contributed by atoms with E-state index in [-0.39, 0.29) is 12.3 Å². The average molecular weight is 402 g/mol. The zero-order chi connectivity index (χ0) is 18.1. The normalized spacial score (nSPS) is 11.3. The van der Waals surface area contributed by atoms with Crippen molar-refractivity contribution in [1.29, 1.82) is 0 Å². The third-order valence-corrected chi connectivity index (χ3v) is 4.67. The maximum atomic E-state index is 12.7. The molecular formula is C18H20BrN5O. The number of aromatic nitrogens is 5. The van der Waals surface area contributed by atoms with Crippen LogP contribution in [0.3, 0.4) is 0 Å². The maximum absolute atomic E-state index is 12.7. The zero-order valence-corrected chi connectivity index (χ0v) is 16.3. The zero-order valence-electron chi connectivity index (χ0n) is 14.7. The van der Waals surface area contributed by atoms with E-state index >= 15 is 0 Å². The van der Waals surface area contributed by atoms with E-state index in [0.29, 0.717) is 17.4 Å². The monoisotopic (exact) mass is 401 g/mol. The van der Waals surface area contributed by atoms with Gasteiger partial charge in [0.2, 0.25) is 5.82 Å². The molecule has 3 rings (SSSR count). The van der Waals surface area contributed by atoms with Crippen LogP contribution in [0, 0.1) is 13.8 Å². The Bertz CT molecular complexity index is 908. The number of aryl methyl sites for hydroxylation is 1. The molecule has 2 aromatic heterocycles. The molecule has 6 nitrogen and oxygen atoms in total. The van der Waals surface area contributed by atoms with E-state index in [2.05, 4.69) is 49.8 Å². The van der Waals surface area contributed by atoms with Gasteiger partial charge in [0.15, 0.2) is 5.78 Å². The van der Waals surface area contributed by atoms with Crippen molar-refractivity contribution in [2.24, 2.45) is 0 Å². The lowest BCUT2D eigenvalue weighted by molar-refractivity contribution is 0.0960. The number of rotatable bonds is 5. The van der Waals surface area contributed by atoms with E-state index in [9.17, 15) is 4.79 Å². The smallest absolute Gasteiger partial charge is 0.204 e. The number of hydrogen-bond acceptors (Lipinski definition) is 4. The molecule has 0 bridgehead atoms. The molecule has 2 heterocycles. The second-order valence-electron chi connectivity index (χ2n) is 6.32. The molecule has 0 aliphatic rings. The highest BCUT2D eigenvalue weighted by molar-refractivity contribution is 9.10. The quantitative estimate of drug-likeness (QED) is 0.606. The van der Waals surface area contributed by atoms with E-state index in [1.54, 1.807) is 0 Å². The summed E-state index contributed by atoms with van der Waals surface area (Å²) in [6, 6.07) is 9.90. The topological polar surface area (TPSA) is 65.6 Å². The second kappa shape index (κ2) is 6.92. The summed E-state index contributed by atoms with van der Waals surface area (Å²) in [5.41, 5.74) is 3.64. The molecule has 0 N–H and O–H groups in total. The van der Waals surface area contributed by atoms with Crippen LogP contribution < -0.4 is 0 Å². The second-order valence-corrected chi connectivity index (χ2v) is 7.24. The molecule has 0 atom stereocenters. The summed E-state index contributed by atoms with van der Waals surface area (Å²) in [6.07, 6.45) is 0. The maximum Gasteiger partial charge on any atom is 0.204 e. The van der Waals surface area contributed by atoms with Gasteiger partial charge in [0.05, 0.1) is 0 Å². The minimum atomic E-state index is -0.0141. The summed E-state index contributed by atoms with van der Waals surface area (Å²) in [7, 11) is 0. The number of ketones is 1. The molecule has 0 aliphatic heterocycles. The first kappa shape index (κ1) is 17.5. The first-order valence-electron chi connectivity index (χ1n) is 8.12. The van der Waals surface area contributed by atoms with Crippen molar-refractivity contribution in [3.63, 3.8) is 0 Å². The van der Waals surface area contributed by atoms with Crippen molar-refractivity contribution in [1.82, 2.24) is 24.8 Å². The molecule has 1 aromatic carbocycles. The Kier molecular flexibility index (Phi) is 4.85. The summed E-state index contributed by atoms with van der Waals surface area (Å²) < 4.78 is 3.15. The molecule has 0 saturated heterocycles. The van der Waals surface area contributed by atoms with Gasteiger partial charge in [-0.25, -0.2) is 0 Å². The molecule has 0 amide bonds. The van der Waals surface area contributed by atoms with Crippen LogP contribution in [0.1, 0.15) is 41.6 Å². The lowest BCUT2D eigenvalue weighted by Gasteiger charge is -2.13. The van der Waals surface area contributed by atoms with Gasteiger partial charge in [-0.3, -0.25) is 4.79 Å². The van der Waals surface area contributed by atoms with Crippen LogP contribution in [0.5, 0.6) is 0 Å². The molecule has 0 unspecified atom stereocenters. The van der Waals surface area contributed by atoms with E-state index in [0.717, 1.165) is 21.4 Å². The highest BCUT2D eigenvalue weighted by Gasteiger charge is 2.18. The molecule has 0 aliphatic carbocycles. The highest BCUT2D eigenvalue weighted by atomic mass is 79.9. The number of carbonyl (C=O) groups is 1. The fraction of sp³-hybridized carbons (Fsp3) is 0.333. The molecule has 0 radical (unpaired) electrons. The van der Waals surface area contributed by atoms with E-state index in [4.69, 9.17) is 0 Å². The standard InChI is InChI=1S/C18H20BrN5O/c1-11(2)24-12(3)9-16(13(24)4)17(25)10-23-21-18(20-22-23)14-5-7-15(19)8-6-14/h5-9,11H,10H2,1-4H3. The Morgan fingerprint density at radius 3 is 2.48 bits per heavy atom. The van der Waals surface area contributed by atoms with Gasteiger partial charge in [-0.15, -0.1) is 10.2 Å². The summed E-state index contributed by atoms with van der Waals surface area (Å²) in [5, 5.41) is 12.4. The summed E-state index contributed by atoms with van der Waals surface area (Å²) in [4.78, 5) is 14.0. The van der Waals surface area contributed by atoms with E-state index in [1.165, 1.54) is 4.80 Å². The van der Waals surface area contributed by atoms with Gasteiger partial charge >= 0.3 is 0 Å². The van der Waals surface area contributed by atoms with Crippen molar-refractivity contribution in [3.8, 4) is 11.4 Å². The van der Waals surface area contributed by atoms with Crippen LogP contribution in [0.2, 0.25) is 0 Å². The van der Waals surface area contributed by atoms with Gasteiger partial charge in [0.25, 0.3) is 0 Å². The van der Waals surface area contributed by atoms with Gasteiger partial charge in [-0.2, -0.15) is 4.80 Å². The fourth-order valence-electron chi connectivity index (χ4n) is 3.09. The molecule has 130 valence electrons. The summed E-state index contributed by atoms with van der Waals surface area (Å²) in [6.45, 7) is 8.28. The Hall–Kier alpha value is -2.28. The minimum absolute atomic E-state index is 0.0141. The Morgan fingerprint density at radius 1 is 1.20 bits per heavy atom. The van der Waals surface area contributed by atoms with Crippen LogP contribution in [-0.4, -0.2) is 30.6 Å². The van der Waals surface area contributed by atoms with Crippen LogP contribution in [0.4, 0.5) is 0 Å². The Labute approximate surface area is 155 Å². The highest BCUT2D eigenvalue weighted by Crippen LogP contribution is 2.21. The molecule has 0 spiro atoms. The average Bonchev–Trinajstić information content (AvgIpc) is 3.12. The van der Waals surface area contributed by atoms with Gasteiger partial charge < -0.3 is 4.57 Å². The molecular weight excluding hydrogens is 382 g/mol. The number of carbonyl (C=O) groups excluding carboxylic acids is 1. The predicted molar refractivity (Wildman–Crippen MR) is 99.6 cm³/mol. The largest absolute Gasteiger partial charge is 0.346 e. The van der Waals surface area contributed by atoms with Crippen LogP contribution in [0.25, 0.3) is 11.4 Å². The van der Waals surface area contributed by atoms with Crippen LogP contribution in [-0.2, 0) is 6.54 Å². The third kappa shape index (κ3) is 3.56. The third-order valence-electron chi connectivity index (χ3n) is 4.14. The molecule has 0 saturated carbocycles.